The van der Waals surface area contributed by atoms with Crippen molar-refractivity contribution in [3.05, 3.63) is 0 Å². The number of amides is 1. The fourth-order valence-corrected chi connectivity index (χ4v) is 3.92. The number of hydrogen-bond acceptors (Lipinski definition) is 5. The highest BCUT2D eigenvalue weighted by Crippen LogP contribution is 2.36. The minimum absolute atomic E-state index is 0.469. The molecule has 112 valence electrons. The first-order valence-electron chi connectivity index (χ1n) is 5.81. The number of alkyl carbamates (subject to hydrolysis) is 1. The zero-order valence-corrected chi connectivity index (χ0v) is 12.3. The highest BCUT2D eigenvalue weighted by atomic mass is 32.2. The number of sulfone groups is 1. The van der Waals surface area contributed by atoms with Crippen LogP contribution in [0.1, 0.15) is 20.8 Å². The van der Waals surface area contributed by atoms with E-state index in [1.807, 2.05) is 0 Å². The SMILES string of the molecule is C#CC1(C(NC(=O)OC(C)(C)C)C(=O)O)CS(=O)(=O)C1. The minimum Gasteiger partial charge on any atom is -0.480 e. The van der Waals surface area contributed by atoms with E-state index in [1.54, 1.807) is 20.8 Å². The molecule has 0 spiro atoms. The average Bonchev–Trinajstić information content (AvgIpc) is 2.19. The Kier molecular flexibility index (Phi) is 4.06. The monoisotopic (exact) mass is 303 g/mol. The van der Waals surface area contributed by atoms with Crippen molar-refractivity contribution in [3.8, 4) is 12.3 Å². The maximum Gasteiger partial charge on any atom is 0.408 e. The normalized spacial score (nSPS) is 20.9. The Morgan fingerprint density at radius 1 is 1.40 bits per heavy atom. The number of ether oxygens (including phenoxy) is 1. The smallest absolute Gasteiger partial charge is 0.408 e. The Labute approximate surface area is 117 Å². The Morgan fingerprint density at radius 3 is 2.20 bits per heavy atom. The number of rotatable bonds is 3. The van der Waals surface area contributed by atoms with Gasteiger partial charge in [0.05, 0.1) is 16.9 Å². The Balaban J connectivity index is 2.89. The van der Waals surface area contributed by atoms with Crippen molar-refractivity contribution in [1.29, 1.82) is 0 Å². The second-order valence-corrected chi connectivity index (χ2v) is 7.81. The van der Waals surface area contributed by atoms with Gasteiger partial charge in [0.15, 0.2) is 9.84 Å². The van der Waals surface area contributed by atoms with E-state index in [1.165, 1.54) is 0 Å². The Morgan fingerprint density at radius 2 is 1.90 bits per heavy atom. The fourth-order valence-electron chi connectivity index (χ4n) is 1.94. The first-order chi connectivity index (χ1) is 8.91. The van der Waals surface area contributed by atoms with Crippen LogP contribution in [0.2, 0.25) is 0 Å². The molecule has 0 aromatic heterocycles. The van der Waals surface area contributed by atoms with Crippen molar-refractivity contribution < 1.29 is 27.9 Å². The van der Waals surface area contributed by atoms with Gasteiger partial charge < -0.3 is 15.2 Å². The average molecular weight is 303 g/mol. The van der Waals surface area contributed by atoms with Crippen molar-refractivity contribution >= 4 is 21.9 Å². The molecular formula is C12H17NO6S. The van der Waals surface area contributed by atoms with Crippen molar-refractivity contribution in [2.24, 2.45) is 5.41 Å². The Hall–Kier alpha value is -1.75. The summed E-state index contributed by atoms with van der Waals surface area (Å²) < 4.78 is 27.5. The van der Waals surface area contributed by atoms with E-state index >= 15 is 0 Å². The molecule has 1 saturated heterocycles. The summed E-state index contributed by atoms with van der Waals surface area (Å²) in [7, 11) is -3.35. The summed E-state index contributed by atoms with van der Waals surface area (Å²) in [5, 5.41) is 11.3. The van der Waals surface area contributed by atoms with E-state index in [4.69, 9.17) is 16.3 Å². The van der Waals surface area contributed by atoms with Gasteiger partial charge in [-0.1, -0.05) is 5.92 Å². The van der Waals surface area contributed by atoms with Crippen LogP contribution in [0.4, 0.5) is 4.79 Å². The number of carbonyl (C=O) groups is 2. The van der Waals surface area contributed by atoms with Crippen LogP contribution < -0.4 is 5.32 Å². The van der Waals surface area contributed by atoms with Crippen LogP contribution in [0, 0.1) is 17.8 Å². The second-order valence-electron chi connectivity index (χ2n) is 5.75. The summed E-state index contributed by atoms with van der Waals surface area (Å²) in [6.07, 6.45) is 4.31. The lowest BCUT2D eigenvalue weighted by Crippen LogP contribution is -2.63. The third kappa shape index (κ3) is 3.63. The molecule has 8 heteroatoms. The Bertz CT molecular complexity index is 554. The first kappa shape index (κ1) is 16.3. The second kappa shape index (κ2) is 4.98. The summed E-state index contributed by atoms with van der Waals surface area (Å²) in [4.78, 5) is 22.9. The molecule has 1 atom stereocenters. The molecule has 7 nitrogen and oxygen atoms in total. The molecule has 2 N–H and O–H groups in total. The number of carboxylic acids is 1. The number of carbonyl (C=O) groups excluding carboxylic acids is 1. The zero-order valence-electron chi connectivity index (χ0n) is 11.5. The maximum atomic E-state index is 11.6. The molecule has 0 bridgehead atoms. The fraction of sp³-hybridized carbons (Fsp3) is 0.667. The van der Waals surface area contributed by atoms with Gasteiger partial charge >= 0.3 is 12.1 Å². The molecule has 1 heterocycles. The molecular weight excluding hydrogens is 286 g/mol. The summed E-state index contributed by atoms with van der Waals surface area (Å²) in [6.45, 7) is 4.85. The van der Waals surface area contributed by atoms with Crippen LogP contribution in [-0.2, 0) is 19.4 Å². The topological polar surface area (TPSA) is 110 Å². The van der Waals surface area contributed by atoms with E-state index in [2.05, 4.69) is 11.2 Å². The largest absolute Gasteiger partial charge is 0.480 e. The van der Waals surface area contributed by atoms with Gasteiger partial charge in [0.25, 0.3) is 0 Å². The van der Waals surface area contributed by atoms with E-state index in [9.17, 15) is 18.0 Å². The van der Waals surface area contributed by atoms with Gasteiger partial charge in [0, 0.05) is 0 Å². The summed E-state index contributed by atoms with van der Waals surface area (Å²) >= 11 is 0. The molecule has 1 rings (SSSR count). The molecule has 0 aromatic carbocycles. The summed E-state index contributed by atoms with van der Waals surface area (Å²) in [5.41, 5.74) is -2.23. The molecule has 1 fully saturated rings. The lowest BCUT2D eigenvalue weighted by molar-refractivity contribution is -0.141. The molecule has 1 amide bonds. The molecule has 1 aliphatic heterocycles. The predicted octanol–water partition coefficient (Wildman–Crippen LogP) is 0.0123. The van der Waals surface area contributed by atoms with Gasteiger partial charge in [-0.15, -0.1) is 6.42 Å². The van der Waals surface area contributed by atoms with E-state index in [0.29, 0.717) is 0 Å². The number of carboxylic acid groups (broad SMARTS) is 1. The van der Waals surface area contributed by atoms with E-state index in [-0.39, 0.29) is 0 Å². The zero-order chi connectivity index (χ0) is 15.8. The number of aliphatic carboxylic acids is 1. The number of terminal acetylenes is 1. The highest BCUT2D eigenvalue weighted by Gasteiger charge is 2.56. The van der Waals surface area contributed by atoms with Crippen LogP contribution in [0.5, 0.6) is 0 Å². The van der Waals surface area contributed by atoms with Gasteiger partial charge in [0.2, 0.25) is 0 Å². The number of nitrogens with one attached hydrogen (secondary N) is 1. The summed E-state index contributed by atoms with van der Waals surface area (Å²) in [6, 6.07) is -1.51. The van der Waals surface area contributed by atoms with Gasteiger partial charge in [-0.25, -0.2) is 18.0 Å². The third-order valence-corrected chi connectivity index (χ3v) is 4.61. The molecule has 0 saturated carbocycles. The third-order valence-electron chi connectivity index (χ3n) is 2.70. The van der Waals surface area contributed by atoms with Crippen LogP contribution in [0.25, 0.3) is 0 Å². The van der Waals surface area contributed by atoms with Gasteiger partial charge in [-0.05, 0) is 20.8 Å². The maximum absolute atomic E-state index is 11.6. The van der Waals surface area contributed by atoms with E-state index < -0.39 is 50.5 Å². The van der Waals surface area contributed by atoms with Crippen LogP contribution in [-0.4, -0.2) is 48.7 Å². The quantitative estimate of drug-likeness (QED) is 0.711. The minimum atomic E-state index is -3.35. The van der Waals surface area contributed by atoms with Crippen LogP contribution in [0.15, 0.2) is 0 Å². The molecule has 0 radical (unpaired) electrons. The van der Waals surface area contributed by atoms with Gasteiger partial charge in [-0.3, -0.25) is 0 Å². The standard InChI is InChI=1S/C12H17NO6S/c1-5-12(6-20(17,18)7-12)8(9(14)15)13-10(16)19-11(2,3)4/h1,8H,6-7H2,2-4H3,(H,13,16)(H,14,15). The van der Waals surface area contributed by atoms with Crippen LogP contribution >= 0.6 is 0 Å². The lowest BCUT2D eigenvalue weighted by atomic mass is 9.84. The van der Waals surface area contributed by atoms with E-state index in [0.717, 1.165) is 0 Å². The molecule has 0 aromatic rings. The lowest BCUT2D eigenvalue weighted by Gasteiger charge is -2.40. The predicted molar refractivity (Wildman–Crippen MR) is 70.7 cm³/mol. The highest BCUT2D eigenvalue weighted by molar-refractivity contribution is 7.92. The molecule has 1 unspecified atom stereocenters. The van der Waals surface area contributed by atoms with Crippen molar-refractivity contribution in [1.82, 2.24) is 5.32 Å². The first-order valence-corrected chi connectivity index (χ1v) is 7.63. The summed E-state index contributed by atoms with van der Waals surface area (Å²) in [5.74, 6) is -0.147. The van der Waals surface area contributed by atoms with Gasteiger partial charge in [-0.2, -0.15) is 0 Å². The molecule has 20 heavy (non-hydrogen) atoms. The van der Waals surface area contributed by atoms with Crippen LogP contribution in [0.3, 0.4) is 0 Å². The van der Waals surface area contributed by atoms with Crippen molar-refractivity contribution in [2.75, 3.05) is 11.5 Å². The molecule has 0 aliphatic carbocycles. The van der Waals surface area contributed by atoms with Crippen molar-refractivity contribution in [3.63, 3.8) is 0 Å². The van der Waals surface area contributed by atoms with Crippen molar-refractivity contribution in [2.45, 2.75) is 32.4 Å². The molecule has 1 aliphatic rings. The number of hydrogen-bond donors (Lipinski definition) is 2. The van der Waals surface area contributed by atoms with Gasteiger partial charge in [0.1, 0.15) is 11.6 Å².